The van der Waals surface area contributed by atoms with E-state index in [9.17, 15) is 8.42 Å². The molecule has 0 amide bonds. The van der Waals surface area contributed by atoms with Crippen LogP contribution in [0.15, 0.2) is 47.4 Å². The Hall–Kier alpha value is -2.25. The van der Waals surface area contributed by atoms with Gasteiger partial charge in [0.2, 0.25) is 16.8 Å². The molecule has 0 radical (unpaired) electrons. The molecule has 24 heavy (non-hydrogen) atoms. The molecule has 0 aliphatic carbocycles. The summed E-state index contributed by atoms with van der Waals surface area (Å²) < 4.78 is 43.6. The van der Waals surface area contributed by atoms with Gasteiger partial charge in [0.25, 0.3) is 0 Å². The Kier molecular flexibility index (Phi) is 3.62. The molecule has 0 aromatic heterocycles. The van der Waals surface area contributed by atoms with Crippen LogP contribution in [0, 0.1) is 0 Å². The summed E-state index contributed by atoms with van der Waals surface area (Å²) in [7, 11) is -2.06. The molecule has 2 aliphatic heterocycles. The van der Waals surface area contributed by atoms with Crippen molar-refractivity contribution >= 4 is 10.0 Å². The van der Waals surface area contributed by atoms with E-state index in [-0.39, 0.29) is 17.7 Å². The first-order valence-electron chi connectivity index (χ1n) is 7.67. The molecule has 0 bridgehead atoms. The van der Waals surface area contributed by atoms with Crippen molar-refractivity contribution in [3.8, 4) is 17.2 Å². The standard InChI is InChI=1S/C17H17NO5S/c1-18(14-8-9-21-15-5-3-2-4-13(14)15)24(19,20)12-6-7-16-17(10-12)23-11-22-16/h2-7,10,14H,8-9,11H2,1H3. The maximum absolute atomic E-state index is 13.0. The van der Waals surface area contributed by atoms with E-state index in [1.54, 1.807) is 19.2 Å². The number of sulfonamides is 1. The maximum Gasteiger partial charge on any atom is 0.243 e. The Morgan fingerprint density at radius 3 is 2.67 bits per heavy atom. The first kappa shape index (κ1) is 15.3. The fourth-order valence-corrected chi connectivity index (χ4v) is 4.45. The number of hydrogen-bond acceptors (Lipinski definition) is 5. The van der Waals surface area contributed by atoms with Gasteiger partial charge in [0.05, 0.1) is 17.5 Å². The van der Waals surface area contributed by atoms with Gasteiger partial charge in [0.15, 0.2) is 11.5 Å². The zero-order valence-corrected chi connectivity index (χ0v) is 14.0. The van der Waals surface area contributed by atoms with E-state index in [4.69, 9.17) is 14.2 Å². The summed E-state index contributed by atoms with van der Waals surface area (Å²) in [5.74, 6) is 1.76. The average molecular weight is 347 g/mol. The number of ether oxygens (including phenoxy) is 3. The van der Waals surface area contributed by atoms with E-state index in [0.29, 0.717) is 24.5 Å². The van der Waals surface area contributed by atoms with Crippen LogP contribution in [0.1, 0.15) is 18.0 Å². The average Bonchev–Trinajstić information content (AvgIpc) is 3.08. The predicted octanol–water partition coefficient (Wildman–Crippen LogP) is 2.56. The van der Waals surface area contributed by atoms with Crippen molar-refractivity contribution in [3.63, 3.8) is 0 Å². The van der Waals surface area contributed by atoms with Crippen LogP contribution in [-0.4, -0.2) is 33.2 Å². The van der Waals surface area contributed by atoms with Crippen LogP contribution in [0.2, 0.25) is 0 Å². The van der Waals surface area contributed by atoms with Crippen molar-refractivity contribution in [2.24, 2.45) is 0 Å². The molecule has 2 heterocycles. The van der Waals surface area contributed by atoms with E-state index >= 15 is 0 Å². The van der Waals surface area contributed by atoms with Gasteiger partial charge in [0, 0.05) is 25.1 Å². The summed E-state index contributed by atoms with van der Waals surface area (Å²) in [6, 6.07) is 12.0. The van der Waals surface area contributed by atoms with Crippen molar-refractivity contribution in [2.45, 2.75) is 17.4 Å². The van der Waals surface area contributed by atoms with E-state index in [2.05, 4.69) is 0 Å². The first-order chi connectivity index (χ1) is 11.6. The minimum Gasteiger partial charge on any atom is -0.493 e. The Bertz CT molecular complexity index is 880. The number of rotatable bonds is 3. The highest BCUT2D eigenvalue weighted by Gasteiger charge is 2.33. The van der Waals surface area contributed by atoms with Gasteiger partial charge in [-0.05, 0) is 18.2 Å². The lowest BCUT2D eigenvalue weighted by Gasteiger charge is -2.32. The maximum atomic E-state index is 13.0. The van der Waals surface area contributed by atoms with Gasteiger partial charge < -0.3 is 14.2 Å². The highest BCUT2D eigenvalue weighted by Crippen LogP contribution is 2.39. The second kappa shape index (κ2) is 5.68. The lowest BCUT2D eigenvalue weighted by atomic mass is 10.0. The van der Waals surface area contributed by atoms with Gasteiger partial charge in [0.1, 0.15) is 5.75 Å². The highest BCUT2D eigenvalue weighted by atomic mass is 32.2. The Morgan fingerprint density at radius 1 is 1.00 bits per heavy atom. The normalized spacial score (nSPS) is 19.0. The molecule has 4 rings (SSSR count). The van der Waals surface area contributed by atoms with Crippen LogP contribution in [-0.2, 0) is 10.0 Å². The van der Waals surface area contributed by atoms with Gasteiger partial charge in [-0.2, -0.15) is 4.31 Å². The van der Waals surface area contributed by atoms with Gasteiger partial charge in [-0.1, -0.05) is 18.2 Å². The number of benzene rings is 2. The molecule has 1 unspecified atom stereocenters. The smallest absolute Gasteiger partial charge is 0.243 e. The van der Waals surface area contributed by atoms with E-state index in [1.165, 1.54) is 10.4 Å². The summed E-state index contributed by atoms with van der Waals surface area (Å²) in [6.07, 6.45) is 0.608. The molecule has 0 N–H and O–H groups in total. The Morgan fingerprint density at radius 2 is 1.79 bits per heavy atom. The third kappa shape index (κ3) is 2.40. The first-order valence-corrected chi connectivity index (χ1v) is 9.11. The minimum atomic E-state index is -3.66. The monoisotopic (exact) mass is 347 g/mol. The molecule has 0 spiro atoms. The summed E-state index contributed by atoms with van der Waals surface area (Å²) in [5.41, 5.74) is 0.885. The van der Waals surface area contributed by atoms with Gasteiger partial charge in [-0.25, -0.2) is 8.42 Å². The van der Waals surface area contributed by atoms with Gasteiger partial charge in [-0.3, -0.25) is 0 Å². The topological polar surface area (TPSA) is 65.1 Å². The number of nitrogens with zero attached hydrogens (tertiary/aromatic N) is 1. The minimum absolute atomic E-state index is 0.113. The molecular weight excluding hydrogens is 330 g/mol. The van der Waals surface area contributed by atoms with Gasteiger partial charge >= 0.3 is 0 Å². The zero-order chi connectivity index (χ0) is 16.7. The van der Waals surface area contributed by atoms with Crippen molar-refractivity contribution in [1.29, 1.82) is 0 Å². The van der Waals surface area contributed by atoms with Crippen LogP contribution < -0.4 is 14.2 Å². The number of para-hydroxylation sites is 1. The van der Waals surface area contributed by atoms with E-state index in [0.717, 1.165) is 11.3 Å². The second-order valence-corrected chi connectivity index (χ2v) is 7.72. The molecule has 0 saturated carbocycles. The van der Waals surface area contributed by atoms with Crippen LogP contribution in [0.25, 0.3) is 0 Å². The Labute approximate surface area is 140 Å². The summed E-state index contributed by atoms with van der Waals surface area (Å²) >= 11 is 0. The second-order valence-electron chi connectivity index (χ2n) is 5.73. The number of hydrogen-bond donors (Lipinski definition) is 0. The predicted molar refractivity (Wildman–Crippen MR) is 86.8 cm³/mol. The van der Waals surface area contributed by atoms with Crippen molar-refractivity contribution < 1.29 is 22.6 Å². The summed E-state index contributed by atoms with van der Waals surface area (Å²) in [6.45, 7) is 0.602. The van der Waals surface area contributed by atoms with Crippen LogP contribution >= 0.6 is 0 Å². The summed E-state index contributed by atoms with van der Waals surface area (Å²) in [5, 5.41) is 0. The molecule has 126 valence electrons. The van der Waals surface area contributed by atoms with Crippen LogP contribution in [0.5, 0.6) is 17.2 Å². The molecule has 2 aliphatic rings. The molecule has 2 aromatic rings. The lowest BCUT2D eigenvalue weighted by molar-refractivity contribution is 0.174. The van der Waals surface area contributed by atoms with E-state index in [1.807, 2.05) is 24.3 Å². The van der Waals surface area contributed by atoms with Crippen molar-refractivity contribution in [1.82, 2.24) is 4.31 Å². The summed E-state index contributed by atoms with van der Waals surface area (Å²) in [4.78, 5) is 0.193. The molecule has 2 aromatic carbocycles. The van der Waals surface area contributed by atoms with Crippen molar-refractivity contribution in [3.05, 3.63) is 48.0 Å². The van der Waals surface area contributed by atoms with Crippen molar-refractivity contribution in [2.75, 3.05) is 20.4 Å². The fourth-order valence-electron chi connectivity index (χ4n) is 3.07. The third-order valence-electron chi connectivity index (χ3n) is 4.39. The Balaban J connectivity index is 1.70. The lowest BCUT2D eigenvalue weighted by Crippen LogP contribution is -2.34. The fraction of sp³-hybridized carbons (Fsp3) is 0.294. The zero-order valence-electron chi connectivity index (χ0n) is 13.1. The molecule has 6 nitrogen and oxygen atoms in total. The SMILES string of the molecule is CN(C1CCOc2ccccc21)S(=O)(=O)c1ccc2c(c1)OCO2. The largest absolute Gasteiger partial charge is 0.493 e. The third-order valence-corrected chi connectivity index (χ3v) is 6.25. The molecular formula is C17H17NO5S. The molecule has 7 heteroatoms. The molecule has 0 fully saturated rings. The van der Waals surface area contributed by atoms with Gasteiger partial charge in [-0.15, -0.1) is 0 Å². The molecule has 1 atom stereocenters. The molecule has 0 saturated heterocycles. The number of fused-ring (bicyclic) bond motifs is 2. The van der Waals surface area contributed by atoms with E-state index < -0.39 is 10.0 Å². The van der Waals surface area contributed by atoms with Crippen LogP contribution in [0.4, 0.5) is 0 Å². The highest BCUT2D eigenvalue weighted by molar-refractivity contribution is 7.89. The van der Waals surface area contributed by atoms with Crippen LogP contribution in [0.3, 0.4) is 0 Å². The quantitative estimate of drug-likeness (QED) is 0.854.